The van der Waals surface area contributed by atoms with Crippen molar-refractivity contribution in [3.8, 4) is 0 Å². The molecule has 13 heavy (non-hydrogen) atoms. The topological polar surface area (TPSA) is 74.6 Å². The van der Waals surface area contributed by atoms with E-state index in [1.807, 2.05) is 0 Å². The van der Waals surface area contributed by atoms with Crippen molar-refractivity contribution >= 4 is 33.8 Å². The Kier molecular flexibility index (Phi) is 3.57. The van der Waals surface area contributed by atoms with Crippen molar-refractivity contribution in [2.75, 3.05) is 0 Å². The lowest BCUT2D eigenvalue weighted by molar-refractivity contribution is 0.562. The van der Waals surface area contributed by atoms with E-state index < -0.39 is 22.2 Å². The van der Waals surface area contributed by atoms with Crippen LogP contribution in [0.1, 0.15) is 0 Å². The summed E-state index contributed by atoms with van der Waals surface area (Å²) in [6.45, 7) is 0. The number of rotatable bonds is 2. The van der Waals surface area contributed by atoms with Crippen LogP contribution in [0, 0.1) is 0 Å². The first-order valence-electron chi connectivity index (χ1n) is 3.03. The average molecular weight is 241 g/mol. The second-order valence-electron chi connectivity index (χ2n) is 2.09. The average Bonchev–Trinajstić information content (AvgIpc) is 2.04. The van der Waals surface area contributed by atoms with Crippen LogP contribution in [0.25, 0.3) is 0 Å². The smallest absolute Gasteiger partial charge is 0.188 e. The maximum absolute atomic E-state index is 10.6. The highest BCUT2D eigenvalue weighted by Gasteiger charge is 2.09. The van der Waals surface area contributed by atoms with Crippen LogP contribution in [-0.2, 0) is 22.2 Å². The highest BCUT2D eigenvalue weighted by molar-refractivity contribution is 7.80. The Morgan fingerprint density at radius 1 is 1.15 bits per heavy atom. The lowest BCUT2D eigenvalue weighted by Gasteiger charge is -2.00. The van der Waals surface area contributed by atoms with Crippen LogP contribution in [-0.4, -0.2) is 17.5 Å². The van der Waals surface area contributed by atoms with Gasteiger partial charge in [0, 0.05) is 0 Å². The van der Waals surface area contributed by atoms with Gasteiger partial charge in [0.05, 0.1) is 14.8 Å². The predicted molar refractivity (Wildman–Crippen MR) is 49.5 cm³/mol. The van der Waals surface area contributed by atoms with Gasteiger partial charge in [0.1, 0.15) is 0 Å². The molecule has 1 rings (SSSR count). The molecule has 0 saturated carbocycles. The summed E-state index contributed by atoms with van der Waals surface area (Å²) in [5.74, 6) is 0. The molecule has 2 unspecified atom stereocenters. The van der Waals surface area contributed by atoms with Crippen molar-refractivity contribution in [3.05, 3.63) is 23.2 Å². The lowest BCUT2D eigenvalue weighted by Crippen LogP contribution is -1.94. The Hall–Kier alpha value is -0.270. The van der Waals surface area contributed by atoms with Gasteiger partial charge in [0.2, 0.25) is 0 Å². The molecule has 0 aliphatic rings. The summed E-state index contributed by atoms with van der Waals surface area (Å²) >= 11 is 1.15. The third-order valence-electron chi connectivity index (χ3n) is 1.29. The fraction of sp³-hybridized carbons (Fsp3) is 0. The van der Waals surface area contributed by atoms with Crippen molar-refractivity contribution in [1.29, 1.82) is 0 Å². The fourth-order valence-corrected chi connectivity index (χ4v) is 1.98. The van der Waals surface area contributed by atoms with E-state index >= 15 is 0 Å². The molecule has 1 aromatic carbocycles. The Morgan fingerprint density at radius 2 is 1.77 bits per heavy atom. The predicted octanol–water partition coefficient (Wildman–Crippen LogP) is 1.50. The molecule has 0 aliphatic carbocycles. The zero-order valence-electron chi connectivity index (χ0n) is 6.14. The Morgan fingerprint density at radius 3 is 2.23 bits per heavy atom. The van der Waals surface area contributed by atoms with Crippen LogP contribution in [0.5, 0.6) is 0 Å². The number of halogens is 1. The van der Waals surface area contributed by atoms with Crippen LogP contribution in [0.15, 0.2) is 28.0 Å². The third kappa shape index (κ3) is 2.58. The quantitative estimate of drug-likeness (QED) is 0.769. The first kappa shape index (κ1) is 10.8. The molecule has 0 amide bonds. The number of hydrogen-bond acceptors (Lipinski definition) is 2. The number of hydrogen-bond donors (Lipinski definition) is 2. The van der Waals surface area contributed by atoms with Crippen molar-refractivity contribution in [1.82, 2.24) is 0 Å². The van der Waals surface area contributed by atoms with E-state index in [-0.39, 0.29) is 14.8 Å². The molecule has 2 atom stereocenters. The van der Waals surface area contributed by atoms with Crippen molar-refractivity contribution in [3.63, 3.8) is 0 Å². The van der Waals surface area contributed by atoms with Gasteiger partial charge in [-0.25, -0.2) is 8.42 Å². The summed E-state index contributed by atoms with van der Waals surface area (Å²) in [4.78, 5) is -0.0247. The summed E-state index contributed by atoms with van der Waals surface area (Å²) in [6, 6.07) is 3.73. The summed E-state index contributed by atoms with van der Waals surface area (Å²) < 4.78 is 38.6. The molecule has 0 fully saturated rings. The third-order valence-corrected chi connectivity index (χ3v) is 3.11. The van der Waals surface area contributed by atoms with Crippen LogP contribution >= 0.6 is 11.6 Å². The van der Waals surface area contributed by atoms with Gasteiger partial charge in [0.15, 0.2) is 22.2 Å². The number of benzene rings is 1. The lowest BCUT2D eigenvalue weighted by atomic mass is 10.4. The summed E-state index contributed by atoms with van der Waals surface area (Å²) in [5, 5.41) is 0.0926. The minimum Gasteiger partial charge on any atom is -0.302 e. The van der Waals surface area contributed by atoms with E-state index in [4.69, 9.17) is 20.7 Å². The molecule has 0 aliphatic heterocycles. The van der Waals surface area contributed by atoms with Gasteiger partial charge in [-0.1, -0.05) is 11.6 Å². The molecule has 7 heteroatoms. The zero-order chi connectivity index (χ0) is 10.0. The normalized spacial score (nSPS) is 15.3. The van der Waals surface area contributed by atoms with E-state index in [1.165, 1.54) is 12.1 Å². The Bertz CT molecular complexity index is 379. The largest absolute Gasteiger partial charge is 0.302 e. The van der Waals surface area contributed by atoms with Gasteiger partial charge in [-0.05, 0) is 18.2 Å². The second kappa shape index (κ2) is 4.30. The van der Waals surface area contributed by atoms with E-state index in [2.05, 4.69) is 0 Å². The molecule has 0 saturated heterocycles. The van der Waals surface area contributed by atoms with Crippen molar-refractivity contribution in [2.24, 2.45) is 0 Å². The monoisotopic (exact) mass is 240 g/mol. The highest BCUT2D eigenvalue weighted by Crippen LogP contribution is 2.21. The van der Waals surface area contributed by atoms with Gasteiger partial charge < -0.3 is 9.11 Å². The Balaban J connectivity index is 3.27. The maximum atomic E-state index is 10.6. The van der Waals surface area contributed by atoms with Gasteiger partial charge in [0.25, 0.3) is 0 Å². The summed E-state index contributed by atoms with van der Waals surface area (Å²) in [6.07, 6.45) is 0. The van der Waals surface area contributed by atoms with E-state index in [0.717, 1.165) is 6.07 Å². The van der Waals surface area contributed by atoms with Crippen LogP contribution in [0.2, 0.25) is 5.02 Å². The van der Waals surface area contributed by atoms with E-state index in [9.17, 15) is 8.42 Å². The zero-order valence-corrected chi connectivity index (χ0v) is 8.53. The highest BCUT2D eigenvalue weighted by atomic mass is 35.5. The summed E-state index contributed by atoms with van der Waals surface area (Å²) in [7, 11) is 0. The van der Waals surface area contributed by atoms with Gasteiger partial charge in [-0.3, -0.25) is 0 Å². The molecule has 0 aromatic heterocycles. The molecule has 1 aromatic rings. The van der Waals surface area contributed by atoms with Gasteiger partial charge in [-0.2, -0.15) is 0 Å². The molecule has 2 N–H and O–H groups in total. The molecule has 0 heterocycles. The maximum Gasteiger partial charge on any atom is 0.188 e. The second-order valence-corrected chi connectivity index (χ2v) is 4.41. The Labute approximate surface area is 84.5 Å². The van der Waals surface area contributed by atoms with Crippen molar-refractivity contribution < 1.29 is 17.5 Å². The van der Waals surface area contributed by atoms with Gasteiger partial charge in [-0.15, -0.1) is 0 Å². The van der Waals surface area contributed by atoms with Crippen molar-refractivity contribution in [2.45, 2.75) is 9.79 Å². The van der Waals surface area contributed by atoms with Crippen LogP contribution < -0.4 is 0 Å². The first-order valence-corrected chi connectivity index (χ1v) is 5.63. The van der Waals surface area contributed by atoms with E-state index in [1.54, 1.807) is 0 Å². The standard InChI is InChI=1S/C6H5ClO4S2/c7-5-2-1-4(12(8)9)3-6(5)13(10)11/h1-3H,(H,8,9)(H,10,11). The molecular weight excluding hydrogens is 236 g/mol. The molecule has 4 nitrogen and oxygen atoms in total. The van der Waals surface area contributed by atoms with Gasteiger partial charge >= 0.3 is 0 Å². The summed E-state index contributed by atoms with van der Waals surface area (Å²) in [5.41, 5.74) is 0. The first-order chi connectivity index (χ1) is 6.02. The SMILES string of the molecule is O=S(O)c1ccc(Cl)c(S(=O)O)c1. The van der Waals surface area contributed by atoms with Crippen LogP contribution in [0.4, 0.5) is 0 Å². The van der Waals surface area contributed by atoms with E-state index in [0.29, 0.717) is 0 Å². The molecule has 0 bridgehead atoms. The minimum absolute atomic E-state index is 0.0433. The minimum atomic E-state index is -2.24. The van der Waals surface area contributed by atoms with Crippen LogP contribution in [0.3, 0.4) is 0 Å². The fourth-order valence-electron chi connectivity index (χ4n) is 0.726. The molecule has 72 valence electrons. The molecule has 0 radical (unpaired) electrons. The molecule has 0 spiro atoms. The molecular formula is C6H5ClO4S2.